The van der Waals surface area contributed by atoms with E-state index in [1.54, 1.807) is 0 Å². The Bertz CT molecular complexity index is 503. The molecule has 0 aromatic heterocycles. The summed E-state index contributed by atoms with van der Waals surface area (Å²) in [7, 11) is 0. The molecule has 20 heavy (non-hydrogen) atoms. The van der Waals surface area contributed by atoms with Crippen LogP contribution in [-0.4, -0.2) is 47.1 Å². The van der Waals surface area contributed by atoms with Crippen LogP contribution < -0.4 is 0 Å². The Morgan fingerprint density at radius 1 is 1.20 bits per heavy atom. The van der Waals surface area contributed by atoms with E-state index in [1.165, 1.54) is 0 Å². The number of amides is 1. The summed E-state index contributed by atoms with van der Waals surface area (Å²) in [5, 5.41) is 0. The van der Waals surface area contributed by atoms with Gasteiger partial charge in [-0.15, -0.1) is 0 Å². The van der Waals surface area contributed by atoms with Crippen LogP contribution in [0.15, 0.2) is 30.3 Å². The van der Waals surface area contributed by atoms with Crippen LogP contribution in [0.3, 0.4) is 0 Å². The van der Waals surface area contributed by atoms with Crippen molar-refractivity contribution < 1.29 is 18.0 Å². The predicted octanol–water partition coefficient (Wildman–Crippen LogP) is 2.03. The van der Waals surface area contributed by atoms with Crippen LogP contribution in [0.1, 0.15) is 12.0 Å². The Balaban J connectivity index is 1.61. The van der Waals surface area contributed by atoms with E-state index >= 15 is 0 Å². The molecule has 3 nitrogen and oxygen atoms in total. The number of rotatable bonds is 2. The number of nitrogens with zero attached hydrogens (tertiary/aromatic N) is 2. The van der Waals surface area contributed by atoms with Gasteiger partial charge in [0.2, 0.25) is 0 Å². The molecule has 0 unspecified atom stereocenters. The first-order valence-corrected chi connectivity index (χ1v) is 6.62. The maximum atomic E-state index is 12.5. The highest BCUT2D eigenvalue weighted by Gasteiger charge is 2.53. The molecule has 0 saturated carbocycles. The van der Waals surface area contributed by atoms with Gasteiger partial charge >= 0.3 is 12.1 Å². The molecular formula is C14H15F3N2O. The van der Waals surface area contributed by atoms with Crippen molar-refractivity contribution in [1.29, 1.82) is 0 Å². The first-order chi connectivity index (χ1) is 9.47. The molecule has 0 bridgehead atoms. The van der Waals surface area contributed by atoms with Crippen molar-refractivity contribution in [3.63, 3.8) is 0 Å². The standard InChI is InChI=1S/C14H15F3N2O/c15-14(16,17)13(20)19-7-6-11-12(19)9-18(11)8-10-4-2-1-3-5-10/h1-5,11-12H,6-9H2/t11-,12-/m1/s1. The molecule has 0 spiro atoms. The van der Waals surface area contributed by atoms with Crippen LogP contribution in [-0.2, 0) is 11.3 Å². The topological polar surface area (TPSA) is 23.6 Å². The van der Waals surface area contributed by atoms with Crippen LogP contribution in [0.25, 0.3) is 0 Å². The molecule has 0 radical (unpaired) electrons. The summed E-state index contributed by atoms with van der Waals surface area (Å²) in [6.45, 7) is 1.47. The third-order valence-electron chi connectivity index (χ3n) is 4.13. The van der Waals surface area contributed by atoms with Gasteiger partial charge in [0.1, 0.15) is 0 Å². The van der Waals surface area contributed by atoms with Crippen molar-refractivity contribution in [1.82, 2.24) is 9.80 Å². The van der Waals surface area contributed by atoms with Crippen LogP contribution >= 0.6 is 0 Å². The number of carbonyl (C=O) groups is 1. The Labute approximate surface area is 115 Å². The highest BCUT2D eigenvalue weighted by Crippen LogP contribution is 2.36. The number of alkyl halides is 3. The van der Waals surface area contributed by atoms with E-state index in [2.05, 4.69) is 4.90 Å². The molecule has 6 heteroatoms. The summed E-state index contributed by atoms with van der Waals surface area (Å²) in [6.07, 6.45) is -4.13. The van der Waals surface area contributed by atoms with Gasteiger partial charge in [0, 0.05) is 25.7 Å². The van der Waals surface area contributed by atoms with Crippen molar-refractivity contribution in [2.75, 3.05) is 13.1 Å². The van der Waals surface area contributed by atoms with Gasteiger partial charge in [-0.2, -0.15) is 13.2 Å². The number of fused-ring (bicyclic) bond motifs is 1. The monoisotopic (exact) mass is 284 g/mol. The van der Waals surface area contributed by atoms with Crippen molar-refractivity contribution in [2.45, 2.75) is 31.2 Å². The van der Waals surface area contributed by atoms with Crippen molar-refractivity contribution in [3.05, 3.63) is 35.9 Å². The summed E-state index contributed by atoms with van der Waals surface area (Å²) in [6, 6.07) is 9.62. The molecular weight excluding hydrogens is 269 g/mol. The fourth-order valence-corrected chi connectivity index (χ4v) is 3.14. The summed E-state index contributed by atoms with van der Waals surface area (Å²) < 4.78 is 37.4. The molecule has 2 heterocycles. The number of benzene rings is 1. The SMILES string of the molecule is O=C(N1CC[C@@H]2[C@H]1CN2Cc1ccccc1)C(F)(F)F. The predicted molar refractivity (Wildman–Crippen MR) is 66.8 cm³/mol. The van der Waals surface area contributed by atoms with E-state index in [9.17, 15) is 18.0 Å². The maximum absolute atomic E-state index is 12.5. The molecule has 108 valence electrons. The van der Waals surface area contributed by atoms with E-state index in [4.69, 9.17) is 0 Å². The number of halogens is 3. The second-order valence-corrected chi connectivity index (χ2v) is 5.33. The fraction of sp³-hybridized carbons (Fsp3) is 0.500. The highest BCUT2D eigenvalue weighted by atomic mass is 19.4. The Morgan fingerprint density at radius 3 is 2.55 bits per heavy atom. The normalized spacial score (nSPS) is 26.2. The van der Waals surface area contributed by atoms with Crippen molar-refractivity contribution in [3.8, 4) is 0 Å². The lowest BCUT2D eigenvalue weighted by Crippen LogP contribution is -2.63. The molecule has 2 atom stereocenters. The smallest absolute Gasteiger partial charge is 0.329 e. The molecule has 2 aliphatic rings. The van der Waals surface area contributed by atoms with Gasteiger partial charge in [-0.25, -0.2) is 0 Å². The second kappa shape index (κ2) is 4.77. The van der Waals surface area contributed by atoms with Crippen LogP contribution in [0, 0.1) is 0 Å². The highest BCUT2D eigenvalue weighted by molar-refractivity contribution is 5.82. The van der Waals surface area contributed by atoms with Crippen molar-refractivity contribution in [2.24, 2.45) is 0 Å². The summed E-state index contributed by atoms with van der Waals surface area (Å²) in [5.74, 6) is -1.69. The third-order valence-corrected chi connectivity index (χ3v) is 4.13. The zero-order valence-electron chi connectivity index (χ0n) is 10.8. The van der Waals surface area contributed by atoms with Gasteiger partial charge in [0.15, 0.2) is 0 Å². The fourth-order valence-electron chi connectivity index (χ4n) is 3.14. The van der Waals surface area contributed by atoms with E-state index in [0.29, 0.717) is 13.0 Å². The van der Waals surface area contributed by atoms with Gasteiger partial charge in [0.25, 0.3) is 0 Å². The molecule has 1 aromatic carbocycles. The van der Waals surface area contributed by atoms with Crippen molar-refractivity contribution >= 4 is 5.91 Å². The lowest BCUT2D eigenvalue weighted by Gasteiger charge is -2.46. The van der Waals surface area contributed by atoms with Gasteiger partial charge in [-0.1, -0.05) is 30.3 Å². The molecule has 1 aromatic rings. The lowest BCUT2D eigenvalue weighted by molar-refractivity contribution is -0.189. The zero-order chi connectivity index (χ0) is 14.3. The van der Waals surface area contributed by atoms with Crippen LogP contribution in [0.2, 0.25) is 0 Å². The molecule has 2 aliphatic heterocycles. The number of likely N-dealkylation sites (tertiary alicyclic amines) is 2. The molecule has 0 N–H and O–H groups in total. The zero-order valence-corrected chi connectivity index (χ0v) is 10.8. The largest absolute Gasteiger partial charge is 0.471 e. The average Bonchev–Trinajstić information content (AvgIpc) is 2.72. The van der Waals surface area contributed by atoms with Gasteiger partial charge < -0.3 is 4.90 Å². The minimum absolute atomic E-state index is 0.0708. The molecule has 2 saturated heterocycles. The maximum Gasteiger partial charge on any atom is 0.471 e. The number of hydrogen-bond donors (Lipinski definition) is 0. The van der Waals surface area contributed by atoms with Gasteiger partial charge in [-0.3, -0.25) is 9.69 Å². The average molecular weight is 284 g/mol. The van der Waals surface area contributed by atoms with E-state index in [-0.39, 0.29) is 18.6 Å². The van der Waals surface area contributed by atoms with Gasteiger partial charge in [0.05, 0.1) is 6.04 Å². The minimum Gasteiger partial charge on any atom is -0.329 e. The summed E-state index contributed by atoms with van der Waals surface area (Å²) in [5.41, 5.74) is 1.14. The quantitative estimate of drug-likeness (QED) is 0.829. The molecule has 3 rings (SSSR count). The van der Waals surface area contributed by atoms with E-state index < -0.39 is 12.1 Å². The third kappa shape index (κ3) is 2.28. The van der Waals surface area contributed by atoms with Crippen LogP contribution in [0.5, 0.6) is 0 Å². The number of carbonyl (C=O) groups excluding carboxylic acids is 1. The minimum atomic E-state index is -4.76. The first-order valence-electron chi connectivity index (χ1n) is 6.62. The Morgan fingerprint density at radius 2 is 1.90 bits per heavy atom. The van der Waals surface area contributed by atoms with Crippen LogP contribution in [0.4, 0.5) is 13.2 Å². The lowest BCUT2D eigenvalue weighted by atomic mass is 9.96. The summed E-state index contributed by atoms with van der Waals surface area (Å²) >= 11 is 0. The molecule has 2 fully saturated rings. The molecule has 0 aliphatic carbocycles. The Hall–Kier alpha value is -1.56. The summed E-state index contributed by atoms with van der Waals surface area (Å²) in [4.78, 5) is 14.4. The van der Waals surface area contributed by atoms with E-state index in [1.807, 2.05) is 30.3 Å². The van der Waals surface area contributed by atoms with Gasteiger partial charge in [-0.05, 0) is 12.0 Å². The number of hydrogen-bond acceptors (Lipinski definition) is 2. The van der Waals surface area contributed by atoms with E-state index in [0.717, 1.165) is 17.0 Å². The Kier molecular flexibility index (Phi) is 3.20. The molecule has 1 amide bonds. The first kappa shape index (κ1) is 13.4. The second-order valence-electron chi connectivity index (χ2n) is 5.33.